The van der Waals surface area contributed by atoms with Crippen LogP contribution in [0.5, 0.6) is 0 Å². The SMILES string of the molecule is COC(=O)C(C)CNC(C)=O. The zero-order chi connectivity index (χ0) is 8.85. The second kappa shape index (κ2) is 4.71. The van der Waals surface area contributed by atoms with Gasteiger partial charge in [0.05, 0.1) is 13.0 Å². The van der Waals surface area contributed by atoms with Gasteiger partial charge >= 0.3 is 5.97 Å². The number of ether oxygens (including phenoxy) is 1. The number of rotatable bonds is 3. The van der Waals surface area contributed by atoms with Gasteiger partial charge in [-0.15, -0.1) is 0 Å². The summed E-state index contributed by atoms with van der Waals surface area (Å²) in [5.41, 5.74) is 0. The Morgan fingerprint density at radius 3 is 2.45 bits per heavy atom. The molecule has 0 aliphatic carbocycles. The molecular weight excluding hydrogens is 146 g/mol. The fourth-order valence-corrected chi connectivity index (χ4v) is 0.581. The first-order valence-corrected chi connectivity index (χ1v) is 3.40. The van der Waals surface area contributed by atoms with E-state index >= 15 is 0 Å². The topological polar surface area (TPSA) is 55.4 Å². The average Bonchev–Trinajstić information content (AvgIpc) is 1.98. The molecule has 0 saturated carbocycles. The van der Waals surface area contributed by atoms with Gasteiger partial charge in [-0.25, -0.2) is 0 Å². The van der Waals surface area contributed by atoms with Gasteiger partial charge in [-0.05, 0) is 0 Å². The second-order valence-electron chi connectivity index (χ2n) is 2.36. The Bertz CT molecular complexity index is 156. The molecular formula is C7H13NO3. The number of carbonyl (C=O) groups is 2. The summed E-state index contributed by atoms with van der Waals surface area (Å²) in [4.78, 5) is 21.1. The van der Waals surface area contributed by atoms with Gasteiger partial charge in [0.25, 0.3) is 0 Å². The van der Waals surface area contributed by atoms with E-state index in [9.17, 15) is 9.59 Å². The molecule has 64 valence electrons. The molecule has 0 bridgehead atoms. The highest BCUT2D eigenvalue weighted by Crippen LogP contribution is 1.94. The van der Waals surface area contributed by atoms with Crippen LogP contribution >= 0.6 is 0 Å². The molecule has 4 nitrogen and oxygen atoms in total. The third kappa shape index (κ3) is 4.36. The number of carbonyl (C=O) groups excluding carboxylic acids is 2. The fraction of sp³-hybridized carbons (Fsp3) is 0.714. The minimum atomic E-state index is -0.307. The summed E-state index contributed by atoms with van der Waals surface area (Å²) >= 11 is 0. The summed E-state index contributed by atoms with van der Waals surface area (Å²) in [5.74, 6) is -0.719. The van der Waals surface area contributed by atoms with Crippen molar-refractivity contribution in [2.24, 2.45) is 5.92 Å². The molecule has 0 rings (SSSR count). The van der Waals surface area contributed by atoms with Crippen molar-refractivity contribution in [2.75, 3.05) is 13.7 Å². The second-order valence-corrected chi connectivity index (χ2v) is 2.36. The molecule has 0 saturated heterocycles. The van der Waals surface area contributed by atoms with Crippen LogP contribution in [-0.2, 0) is 14.3 Å². The van der Waals surface area contributed by atoms with Gasteiger partial charge in [-0.1, -0.05) is 6.92 Å². The van der Waals surface area contributed by atoms with Gasteiger partial charge in [0, 0.05) is 13.5 Å². The highest BCUT2D eigenvalue weighted by Gasteiger charge is 2.12. The van der Waals surface area contributed by atoms with Gasteiger partial charge in [0.1, 0.15) is 0 Å². The summed E-state index contributed by atoms with van der Waals surface area (Å²) in [7, 11) is 1.33. The van der Waals surface area contributed by atoms with Crippen LogP contribution in [0.15, 0.2) is 0 Å². The smallest absolute Gasteiger partial charge is 0.310 e. The zero-order valence-corrected chi connectivity index (χ0v) is 7.01. The molecule has 0 fully saturated rings. The summed E-state index contributed by atoms with van der Waals surface area (Å²) in [6, 6.07) is 0. The monoisotopic (exact) mass is 159 g/mol. The van der Waals surface area contributed by atoms with E-state index in [4.69, 9.17) is 0 Å². The molecule has 11 heavy (non-hydrogen) atoms. The van der Waals surface area contributed by atoms with Crippen molar-refractivity contribution in [2.45, 2.75) is 13.8 Å². The molecule has 0 aliphatic heterocycles. The number of methoxy groups -OCH3 is 1. The summed E-state index contributed by atoms with van der Waals surface area (Å²) in [5, 5.41) is 2.52. The molecule has 0 aromatic carbocycles. The Morgan fingerprint density at radius 2 is 2.09 bits per heavy atom. The van der Waals surface area contributed by atoms with Gasteiger partial charge in [0.2, 0.25) is 5.91 Å². The lowest BCUT2D eigenvalue weighted by atomic mass is 10.2. The van der Waals surface area contributed by atoms with Crippen molar-refractivity contribution in [3.05, 3.63) is 0 Å². The fourth-order valence-electron chi connectivity index (χ4n) is 0.581. The van der Waals surface area contributed by atoms with Crippen LogP contribution < -0.4 is 5.32 Å². The van der Waals surface area contributed by atoms with E-state index in [2.05, 4.69) is 10.1 Å². The normalized spacial score (nSPS) is 11.9. The number of esters is 1. The average molecular weight is 159 g/mol. The molecule has 0 aromatic heterocycles. The summed E-state index contributed by atoms with van der Waals surface area (Å²) in [6.07, 6.45) is 0. The molecule has 0 radical (unpaired) electrons. The zero-order valence-electron chi connectivity index (χ0n) is 7.01. The van der Waals surface area contributed by atoms with Gasteiger partial charge in [-0.2, -0.15) is 0 Å². The maximum absolute atomic E-state index is 10.8. The van der Waals surface area contributed by atoms with Crippen molar-refractivity contribution in [1.29, 1.82) is 0 Å². The molecule has 1 amide bonds. The van der Waals surface area contributed by atoms with Gasteiger partial charge in [0.15, 0.2) is 0 Å². The van der Waals surface area contributed by atoms with E-state index in [1.165, 1.54) is 14.0 Å². The van der Waals surface area contributed by atoms with Crippen LogP contribution in [0, 0.1) is 5.92 Å². The highest BCUT2D eigenvalue weighted by molar-refractivity contribution is 5.75. The quantitative estimate of drug-likeness (QED) is 0.586. The van der Waals surface area contributed by atoms with Crippen molar-refractivity contribution < 1.29 is 14.3 Å². The number of hydrogen-bond acceptors (Lipinski definition) is 3. The molecule has 1 atom stereocenters. The van der Waals surface area contributed by atoms with E-state index in [0.717, 1.165) is 0 Å². The predicted octanol–water partition coefficient (Wildman–Crippen LogP) is -0.0684. The van der Waals surface area contributed by atoms with E-state index in [1.54, 1.807) is 6.92 Å². The number of amides is 1. The Kier molecular flexibility index (Phi) is 4.26. The maximum Gasteiger partial charge on any atom is 0.310 e. The molecule has 0 aliphatic rings. The molecule has 1 unspecified atom stereocenters. The van der Waals surface area contributed by atoms with E-state index in [0.29, 0.717) is 6.54 Å². The first kappa shape index (κ1) is 9.94. The van der Waals surface area contributed by atoms with Crippen molar-refractivity contribution in [3.63, 3.8) is 0 Å². The third-order valence-electron chi connectivity index (χ3n) is 1.26. The number of nitrogens with one attached hydrogen (secondary N) is 1. The van der Waals surface area contributed by atoms with Crippen LogP contribution in [0.4, 0.5) is 0 Å². The van der Waals surface area contributed by atoms with Gasteiger partial charge < -0.3 is 10.1 Å². The van der Waals surface area contributed by atoms with Crippen LogP contribution in [0.25, 0.3) is 0 Å². The lowest BCUT2D eigenvalue weighted by Gasteiger charge is -2.08. The summed E-state index contributed by atoms with van der Waals surface area (Å²) < 4.78 is 4.45. The minimum Gasteiger partial charge on any atom is -0.469 e. The first-order valence-electron chi connectivity index (χ1n) is 3.40. The highest BCUT2D eigenvalue weighted by atomic mass is 16.5. The van der Waals surface area contributed by atoms with Crippen molar-refractivity contribution in [3.8, 4) is 0 Å². The van der Waals surface area contributed by atoms with Crippen LogP contribution in [0.1, 0.15) is 13.8 Å². The Labute approximate surface area is 65.9 Å². The summed E-state index contributed by atoms with van der Waals surface area (Å²) in [6.45, 7) is 3.44. The van der Waals surface area contributed by atoms with Crippen molar-refractivity contribution in [1.82, 2.24) is 5.32 Å². The lowest BCUT2D eigenvalue weighted by Crippen LogP contribution is -2.30. The largest absolute Gasteiger partial charge is 0.469 e. The first-order chi connectivity index (χ1) is 5.07. The Balaban J connectivity index is 3.60. The molecule has 1 N–H and O–H groups in total. The number of hydrogen-bond donors (Lipinski definition) is 1. The van der Waals surface area contributed by atoms with E-state index in [1.807, 2.05) is 0 Å². The predicted molar refractivity (Wildman–Crippen MR) is 39.9 cm³/mol. The van der Waals surface area contributed by atoms with E-state index < -0.39 is 0 Å². The van der Waals surface area contributed by atoms with E-state index in [-0.39, 0.29) is 17.8 Å². The molecule has 0 heterocycles. The van der Waals surface area contributed by atoms with Crippen molar-refractivity contribution >= 4 is 11.9 Å². The maximum atomic E-state index is 10.8. The Hall–Kier alpha value is -1.06. The molecule has 4 heteroatoms. The van der Waals surface area contributed by atoms with Crippen LogP contribution in [0.2, 0.25) is 0 Å². The lowest BCUT2D eigenvalue weighted by molar-refractivity contribution is -0.144. The van der Waals surface area contributed by atoms with Crippen LogP contribution in [0.3, 0.4) is 0 Å². The standard InChI is InChI=1S/C7H13NO3/c1-5(7(10)11-3)4-8-6(2)9/h5H,4H2,1-3H3,(H,8,9). The molecule has 0 aromatic rings. The molecule has 0 spiro atoms. The van der Waals surface area contributed by atoms with Crippen LogP contribution in [-0.4, -0.2) is 25.5 Å². The van der Waals surface area contributed by atoms with Gasteiger partial charge in [-0.3, -0.25) is 9.59 Å². The third-order valence-corrected chi connectivity index (χ3v) is 1.26. The minimum absolute atomic E-state index is 0.138. The Morgan fingerprint density at radius 1 is 1.55 bits per heavy atom.